The summed E-state index contributed by atoms with van der Waals surface area (Å²) >= 11 is 0. The van der Waals surface area contributed by atoms with E-state index < -0.39 is 16.0 Å². The smallest absolute Gasteiger partial charge is 0.310 e. The number of allylic oxidation sites excluding steroid dienone is 2. The largest absolute Gasteiger partial charge is 0.469 e. The Hall–Kier alpha value is -2.77. The SMILES string of the molecule is COC(=O)CC1=C(C)/C(=C/c2ccc(S(N)(=O)=O)cc2)c2ccc(F)cc21. The van der Waals surface area contributed by atoms with Gasteiger partial charge in [-0.05, 0) is 70.7 Å². The molecule has 5 nitrogen and oxygen atoms in total. The van der Waals surface area contributed by atoms with Crippen molar-refractivity contribution in [2.45, 2.75) is 18.2 Å². The third-order valence-electron chi connectivity index (χ3n) is 4.52. The Balaban J connectivity index is 2.09. The lowest BCUT2D eigenvalue weighted by Crippen LogP contribution is -2.11. The number of ether oxygens (including phenoxy) is 1. The van der Waals surface area contributed by atoms with Crippen LogP contribution in [0.25, 0.3) is 17.2 Å². The van der Waals surface area contributed by atoms with Crippen LogP contribution in [0.4, 0.5) is 4.39 Å². The number of halogens is 1. The highest BCUT2D eigenvalue weighted by Gasteiger charge is 2.26. The molecule has 2 N–H and O–H groups in total. The van der Waals surface area contributed by atoms with Gasteiger partial charge in [0.2, 0.25) is 10.0 Å². The minimum atomic E-state index is -3.76. The number of nitrogens with two attached hydrogens (primary N) is 1. The van der Waals surface area contributed by atoms with E-state index in [9.17, 15) is 17.6 Å². The molecule has 7 heteroatoms. The van der Waals surface area contributed by atoms with Crippen molar-refractivity contribution >= 4 is 33.2 Å². The number of hydrogen-bond donors (Lipinski definition) is 1. The van der Waals surface area contributed by atoms with Gasteiger partial charge in [-0.2, -0.15) is 0 Å². The quantitative estimate of drug-likeness (QED) is 0.815. The molecular weight excluding hydrogens is 369 g/mol. The molecule has 0 fully saturated rings. The van der Waals surface area contributed by atoms with Crippen molar-refractivity contribution in [2.75, 3.05) is 7.11 Å². The molecule has 140 valence electrons. The molecule has 0 unspecified atom stereocenters. The third-order valence-corrected chi connectivity index (χ3v) is 5.45. The van der Waals surface area contributed by atoms with E-state index in [4.69, 9.17) is 9.88 Å². The van der Waals surface area contributed by atoms with Gasteiger partial charge in [-0.3, -0.25) is 4.79 Å². The van der Waals surface area contributed by atoms with Gasteiger partial charge in [-0.25, -0.2) is 17.9 Å². The number of esters is 1. The van der Waals surface area contributed by atoms with E-state index in [2.05, 4.69) is 0 Å². The third kappa shape index (κ3) is 3.84. The van der Waals surface area contributed by atoms with Crippen LogP contribution in [0.1, 0.15) is 30.0 Å². The first kappa shape index (κ1) is 19.0. The Kier molecular flexibility index (Phi) is 4.99. The van der Waals surface area contributed by atoms with Crippen LogP contribution in [0, 0.1) is 5.82 Å². The second-order valence-electron chi connectivity index (χ2n) is 6.22. The molecule has 2 aromatic rings. The van der Waals surface area contributed by atoms with Crippen LogP contribution < -0.4 is 5.14 Å². The first-order valence-electron chi connectivity index (χ1n) is 8.12. The number of fused-ring (bicyclic) bond motifs is 1. The second-order valence-corrected chi connectivity index (χ2v) is 7.78. The van der Waals surface area contributed by atoms with E-state index in [1.807, 2.05) is 13.0 Å². The maximum absolute atomic E-state index is 13.8. The summed E-state index contributed by atoms with van der Waals surface area (Å²) in [6, 6.07) is 10.6. The molecule has 0 saturated heterocycles. The Labute approximate surface area is 157 Å². The normalized spacial score (nSPS) is 15.2. The van der Waals surface area contributed by atoms with E-state index >= 15 is 0 Å². The molecule has 0 radical (unpaired) electrons. The van der Waals surface area contributed by atoms with Crippen molar-refractivity contribution in [1.82, 2.24) is 0 Å². The van der Waals surface area contributed by atoms with E-state index in [1.54, 1.807) is 18.2 Å². The van der Waals surface area contributed by atoms with Gasteiger partial charge >= 0.3 is 5.97 Å². The molecule has 0 aliphatic heterocycles. The van der Waals surface area contributed by atoms with Crippen LogP contribution in [0.15, 0.2) is 52.9 Å². The Morgan fingerprint density at radius 3 is 2.41 bits per heavy atom. The van der Waals surface area contributed by atoms with Gasteiger partial charge in [0.15, 0.2) is 0 Å². The maximum Gasteiger partial charge on any atom is 0.310 e. The minimum absolute atomic E-state index is 0.0252. The average Bonchev–Trinajstić information content (AvgIpc) is 2.86. The van der Waals surface area contributed by atoms with E-state index in [1.165, 1.54) is 31.4 Å². The van der Waals surface area contributed by atoms with Crippen molar-refractivity contribution in [3.8, 4) is 0 Å². The fraction of sp³-hybridized carbons (Fsp3) is 0.150. The number of benzene rings is 2. The summed E-state index contributed by atoms with van der Waals surface area (Å²) in [6.45, 7) is 1.86. The molecule has 0 aromatic heterocycles. The first-order valence-corrected chi connectivity index (χ1v) is 9.67. The summed E-state index contributed by atoms with van der Waals surface area (Å²) in [6.07, 6.45) is 1.91. The maximum atomic E-state index is 13.8. The van der Waals surface area contributed by atoms with Crippen LogP contribution in [0.2, 0.25) is 0 Å². The highest BCUT2D eigenvalue weighted by atomic mass is 32.2. The van der Waals surface area contributed by atoms with Crippen molar-refractivity contribution < 1.29 is 22.3 Å². The minimum Gasteiger partial charge on any atom is -0.469 e. The van der Waals surface area contributed by atoms with Crippen LogP contribution in [-0.4, -0.2) is 21.5 Å². The first-order chi connectivity index (χ1) is 12.7. The van der Waals surface area contributed by atoms with Crippen LogP contribution in [0.3, 0.4) is 0 Å². The fourth-order valence-corrected chi connectivity index (χ4v) is 3.63. The Morgan fingerprint density at radius 2 is 1.81 bits per heavy atom. The van der Waals surface area contributed by atoms with Crippen LogP contribution in [0.5, 0.6) is 0 Å². The standard InChI is InChI=1S/C20H18FNO4S/c1-12-17(9-13-3-6-15(7-4-13)27(22,24)25)16-8-5-14(21)10-19(16)18(12)11-20(23)26-2/h3-10H,11H2,1-2H3,(H2,22,24,25)/b17-9-. The van der Waals surface area contributed by atoms with Crippen molar-refractivity contribution in [3.63, 3.8) is 0 Å². The highest BCUT2D eigenvalue weighted by molar-refractivity contribution is 7.89. The molecule has 0 saturated carbocycles. The van der Waals surface area contributed by atoms with Gasteiger partial charge in [0.1, 0.15) is 5.82 Å². The molecule has 0 spiro atoms. The van der Waals surface area contributed by atoms with Gasteiger partial charge < -0.3 is 4.74 Å². The number of carbonyl (C=O) groups excluding carboxylic acids is 1. The van der Waals surface area contributed by atoms with Crippen molar-refractivity contribution in [1.29, 1.82) is 0 Å². The van der Waals surface area contributed by atoms with E-state index in [-0.39, 0.29) is 17.1 Å². The van der Waals surface area contributed by atoms with Crippen molar-refractivity contribution in [3.05, 3.63) is 70.5 Å². The van der Waals surface area contributed by atoms with Crippen LogP contribution in [-0.2, 0) is 19.6 Å². The summed E-state index contributed by atoms with van der Waals surface area (Å²) in [5, 5.41) is 5.12. The molecule has 0 bridgehead atoms. The van der Waals surface area contributed by atoms with Gasteiger partial charge in [-0.15, -0.1) is 0 Å². The summed E-state index contributed by atoms with van der Waals surface area (Å²) in [5.74, 6) is -0.791. The van der Waals surface area contributed by atoms with E-state index in [0.29, 0.717) is 11.1 Å². The molecule has 0 amide bonds. The monoisotopic (exact) mass is 387 g/mol. The fourth-order valence-electron chi connectivity index (χ4n) is 3.12. The predicted molar refractivity (Wildman–Crippen MR) is 101 cm³/mol. The Morgan fingerprint density at radius 1 is 1.15 bits per heavy atom. The summed E-state index contributed by atoms with van der Waals surface area (Å²) in [5.41, 5.74) is 4.62. The molecule has 0 heterocycles. The van der Waals surface area contributed by atoms with Gasteiger partial charge in [0.25, 0.3) is 0 Å². The molecule has 1 aliphatic rings. The lowest BCUT2D eigenvalue weighted by Gasteiger charge is -2.05. The summed E-state index contributed by atoms with van der Waals surface area (Å²) in [7, 11) is -2.45. The molecule has 3 rings (SSSR count). The van der Waals surface area contributed by atoms with Crippen LogP contribution >= 0.6 is 0 Å². The molecular formula is C20H18FNO4S. The van der Waals surface area contributed by atoms with E-state index in [0.717, 1.165) is 22.3 Å². The number of carbonyl (C=O) groups is 1. The Bertz CT molecular complexity index is 1080. The average molecular weight is 387 g/mol. The number of sulfonamides is 1. The molecule has 0 atom stereocenters. The number of primary sulfonamides is 1. The van der Waals surface area contributed by atoms with Gasteiger partial charge in [0.05, 0.1) is 18.4 Å². The highest BCUT2D eigenvalue weighted by Crippen LogP contribution is 2.43. The lowest BCUT2D eigenvalue weighted by molar-refractivity contribution is -0.139. The van der Waals surface area contributed by atoms with Gasteiger partial charge in [0, 0.05) is 0 Å². The topological polar surface area (TPSA) is 86.5 Å². The molecule has 27 heavy (non-hydrogen) atoms. The van der Waals surface area contributed by atoms with Gasteiger partial charge in [-0.1, -0.05) is 18.2 Å². The number of rotatable bonds is 4. The zero-order chi connectivity index (χ0) is 19.8. The van der Waals surface area contributed by atoms with Crippen molar-refractivity contribution in [2.24, 2.45) is 5.14 Å². The molecule has 1 aliphatic carbocycles. The molecule has 2 aromatic carbocycles. The second kappa shape index (κ2) is 7.09. The predicted octanol–water partition coefficient (Wildman–Crippen LogP) is 3.36. The summed E-state index contributed by atoms with van der Waals surface area (Å²) < 4.78 is 41.3. The zero-order valence-corrected chi connectivity index (χ0v) is 15.6. The zero-order valence-electron chi connectivity index (χ0n) is 14.8. The summed E-state index contributed by atoms with van der Waals surface area (Å²) in [4.78, 5) is 11.8. The lowest BCUT2D eigenvalue weighted by atomic mass is 10.0. The number of hydrogen-bond acceptors (Lipinski definition) is 4. The number of methoxy groups -OCH3 is 1.